The van der Waals surface area contributed by atoms with Crippen molar-refractivity contribution in [2.45, 2.75) is 6.54 Å². The maximum absolute atomic E-state index is 10.7. The Morgan fingerprint density at radius 1 is 1.73 bits per heavy atom. The first-order valence-corrected chi connectivity index (χ1v) is 3.41. The molecule has 0 spiro atoms. The van der Waals surface area contributed by atoms with Crippen molar-refractivity contribution in [2.24, 2.45) is 0 Å². The van der Waals surface area contributed by atoms with Crippen LogP contribution in [-0.2, 0) is 11.3 Å². The smallest absolute Gasteiger partial charge is 0.275 e. The Morgan fingerprint density at radius 3 is 3.09 bits per heavy atom. The molecule has 0 fully saturated rings. The predicted octanol–water partition coefficient (Wildman–Crippen LogP) is -0.862. The van der Waals surface area contributed by atoms with Gasteiger partial charge in [-0.25, -0.2) is 0 Å². The molecule has 1 aromatic heterocycles. The highest BCUT2D eigenvalue weighted by Gasteiger charge is 1.99. The van der Waals surface area contributed by atoms with E-state index >= 15 is 0 Å². The minimum atomic E-state index is -0.0681. The molecule has 4 N–H and O–H groups in total. The lowest BCUT2D eigenvalue weighted by molar-refractivity contribution is -0.355. The lowest BCUT2D eigenvalue weighted by Crippen LogP contribution is -2.57. The van der Waals surface area contributed by atoms with Crippen molar-refractivity contribution in [3.63, 3.8) is 0 Å². The van der Waals surface area contributed by atoms with Crippen LogP contribution in [0.3, 0.4) is 0 Å². The minimum absolute atomic E-state index is 0.0681. The molecule has 0 atom stereocenters. The number of quaternary nitrogens is 1. The van der Waals surface area contributed by atoms with Crippen molar-refractivity contribution >= 4 is 5.91 Å². The summed E-state index contributed by atoms with van der Waals surface area (Å²) in [4.78, 5) is 10.7. The second-order valence-electron chi connectivity index (χ2n) is 2.11. The SMILES string of the molecule is [NH3+]CC(=O)NCc1ccco1. The Labute approximate surface area is 64.4 Å². The van der Waals surface area contributed by atoms with Gasteiger partial charge in [0.25, 0.3) is 5.91 Å². The van der Waals surface area contributed by atoms with Gasteiger partial charge in [0.2, 0.25) is 0 Å². The van der Waals surface area contributed by atoms with E-state index in [2.05, 4.69) is 11.1 Å². The summed E-state index contributed by atoms with van der Waals surface area (Å²) in [5, 5.41) is 2.64. The van der Waals surface area contributed by atoms with E-state index in [0.717, 1.165) is 5.76 Å². The van der Waals surface area contributed by atoms with Crippen molar-refractivity contribution in [2.75, 3.05) is 6.54 Å². The summed E-state index contributed by atoms with van der Waals surface area (Å²) in [5.74, 6) is 0.688. The minimum Gasteiger partial charge on any atom is -0.467 e. The molecule has 1 aromatic rings. The van der Waals surface area contributed by atoms with Crippen molar-refractivity contribution in [1.29, 1.82) is 0 Å². The van der Waals surface area contributed by atoms with Gasteiger partial charge in [-0.05, 0) is 12.1 Å². The van der Waals surface area contributed by atoms with E-state index in [1.54, 1.807) is 12.3 Å². The van der Waals surface area contributed by atoms with Crippen LogP contribution in [0.5, 0.6) is 0 Å². The maximum atomic E-state index is 10.7. The number of hydrogen-bond donors (Lipinski definition) is 2. The molecule has 11 heavy (non-hydrogen) atoms. The van der Waals surface area contributed by atoms with E-state index in [1.807, 2.05) is 6.07 Å². The van der Waals surface area contributed by atoms with Crippen LogP contribution in [0.2, 0.25) is 0 Å². The molecule has 60 valence electrons. The molecule has 0 radical (unpaired) electrons. The number of carbonyl (C=O) groups is 1. The first kappa shape index (κ1) is 7.81. The Morgan fingerprint density at radius 2 is 2.55 bits per heavy atom. The molecule has 1 rings (SSSR count). The summed E-state index contributed by atoms with van der Waals surface area (Å²) in [6.45, 7) is 0.710. The van der Waals surface area contributed by atoms with Gasteiger partial charge in [0.1, 0.15) is 5.76 Å². The quantitative estimate of drug-likeness (QED) is 0.596. The lowest BCUT2D eigenvalue weighted by Gasteiger charge is -1.97. The van der Waals surface area contributed by atoms with Crippen LogP contribution in [0.1, 0.15) is 5.76 Å². The predicted molar refractivity (Wildman–Crippen MR) is 38.3 cm³/mol. The number of carbonyl (C=O) groups excluding carboxylic acids is 1. The maximum Gasteiger partial charge on any atom is 0.275 e. The molecule has 0 saturated heterocycles. The van der Waals surface area contributed by atoms with Crippen LogP contribution in [0.15, 0.2) is 22.8 Å². The summed E-state index contributed by atoms with van der Waals surface area (Å²) in [6.07, 6.45) is 1.58. The average molecular weight is 155 g/mol. The van der Waals surface area contributed by atoms with Crippen LogP contribution in [0, 0.1) is 0 Å². The van der Waals surface area contributed by atoms with Gasteiger partial charge in [-0.1, -0.05) is 0 Å². The number of nitrogens with one attached hydrogen (secondary N) is 1. The summed E-state index contributed by atoms with van der Waals surface area (Å²) in [6, 6.07) is 3.59. The largest absolute Gasteiger partial charge is 0.467 e. The van der Waals surface area contributed by atoms with Crippen LogP contribution >= 0.6 is 0 Å². The monoisotopic (exact) mass is 155 g/mol. The number of furan rings is 1. The number of hydrogen-bond acceptors (Lipinski definition) is 2. The van der Waals surface area contributed by atoms with E-state index in [4.69, 9.17) is 4.42 Å². The normalized spacial score (nSPS) is 9.55. The van der Waals surface area contributed by atoms with Gasteiger partial charge in [-0.2, -0.15) is 0 Å². The zero-order chi connectivity index (χ0) is 8.10. The van der Waals surface area contributed by atoms with Crippen LogP contribution in [-0.4, -0.2) is 12.5 Å². The summed E-state index contributed by atoms with van der Waals surface area (Å²) >= 11 is 0. The first-order valence-electron chi connectivity index (χ1n) is 3.41. The van der Waals surface area contributed by atoms with Crippen molar-refractivity contribution in [3.8, 4) is 0 Å². The topological polar surface area (TPSA) is 69.9 Å². The summed E-state index contributed by atoms with van der Waals surface area (Å²) in [5.41, 5.74) is 3.44. The van der Waals surface area contributed by atoms with E-state index in [9.17, 15) is 4.79 Å². The van der Waals surface area contributed by atoms with Gasteiger partial charge in [-0.15, -0.1) is 0 Å². The van der Waals surface area contributed by atoms with E-state index in [1.165, 1.54) is 0 Å². The van der Waals surface area contributed by atoms with E-state index in [0.29, 0.717) is 6.54 Å². The molecule has 0 unspecified atom stereocenters. The van der Waals surface area contributed by atoms with Gasteiger partial charge >= 0.3 is 0 Å². The van der Waals surface area contributed by atoms with Gasteiger partial charge in [0.15, 0.2) is 6.54 Å². The second kappa shape index (κ2) is 3.78. The number of rotatable bonds is 3. The van der Waals surface area contributed by atoms with Crippen molar-refractivity contribution < 1.29 is 14.9 Å². The Kier molecular flexibility index (Phi) is 2.68. The third kappa shape index (κ3) is 2.43. The van der Waals surface area contributed by atoms with Gasteiger partial charge in [0.05, 0.1) is 12.8 Å². The zero-order valence-corrected chi connectivity index (χ0v) is 6.17. The molecule has 0 aromatic carbocycles. The Hall–Kier alpha value is -1.29. The molecule has 4 nitrogen and oxygen atoms in total. The van der Waals surface area contributed by atoms with Gasteiger partial charge in [-0.3, -0.25) is 4.79 Å². The second-order valence-corrected chi connectivity index (χ2v) is 2.11. The molecule has 0 saturated carbocycles. The Balaban J connectivity index is 2.29. The molecule has 4 heteroatoms. The summed E-state index contributed by atoms with van der Waals surface area (Å²) < 4.78 is 4.99. The molecule has 0 bridgehead atoms. The molecule has 0 aliphatic heterocycles. The van der Waals surface area contributed by atoms with Crippen LogP contribution in [0.4, 0.5) is 0 Å². The van der Waals surface area contributed by atoms with Crippen LogP contribution < -0.4 is 11.1 Å². The van der Waals surface area contributed by atoms with Gasteiger partial charge < -0.3 is 15.5 Å². The molecule has 0 aliphatic rings. The van der Waals surface area contributed by atoms with Crippen LogP contribution in [0.25, 0.3) is 0 Å². The molecular formula is C7H11N2O2+. The molecule has 1 heterocycles. The fourth-order valence-electron chi connectivity index (χ4n) is 0.687. The van der Waals surface area contributed by atoms with Gasteiger partial charge in [0, 0.05) is 0 Å². The third-order valence-corrected chi connectivity index (χ3v) is 1.27. The number of amides is 1. The van der Waals surface area contributed by atoms with E-state index < -0.39 is 0 Å². The lowest BCUT2D eigenvalue weighted by atomic mass is 10.4. The fraction of sp³-hybridized carbons (Fsp3) is 0.286. The highest BCUT2D eigenvalue weighted by molar-refractivity contribution is 5.76. The van der Waals surface area contributed by atoms with E-state index in [-0.39, 0.29) is 12.5 Å². The third-order valence-electron chi connectivity index (χ3n) is 1.27. The molecule has 0 aliphatic carbocycles. The highest BCUT2D eigenvalue weighted by atomic mass is 16.3. The average Bonchev–Trinajstić information content (AvgIpc) is 2.52. The molecule has 1 amide bonds. The fourth-order valence-corrected chi connectivity index (χ4v) is 0.687. The Bertz CT molecular complexity index is 218. The zero-order valence-electron chi connectivity index (χ0n) is 6.17. The first-order chi connectivity index (χ1) is 5.33. The summed E-state index contributed by atoms with van der Waals surface area (Å²) in [7, 11) is 0. The highest BCUT2D eigenvalue weighted by Crippen LogP contribution is 1.97. The molecular weight excluding hydrogens is 144 g/mol. The standard InChI is InChI=1S/C7H10N2O2/c8-4-7(10)9-5-6-2-1-3-11-6/h1-3H,4-5,8H2,(H,9,10)/p+1. The van der Waals surface area contributed by atoms with Crippen molar-refractivity contribution in [3.05, 3.63) is 24.2 Å². The van der Waals surface area contributed by atoms with Crippen molar-refractivity contribution in [1.82, 2.24) is 5.32 Å².